The van der Waals surface area contributed by atoms with E-state index in [4.69, 9.17) is 14.9 Å². The third-order valence-electron chi connectivity index (χ3n) is 2.45. The number of carboxylic acid groups (broad SMARTS) is 1. The van der Waals surface area contributed by atoms with Crippen LogP contribution in [0.1, 0.15) is 6.92 Å². The van der Waals surface area contributed by atoms with E-state index in [1.807, 2.05) is 0 Å². The molecule has 0 unspecified atom stereocenters. The number of aliphatic hydroxyl groups is 1. The minimum absolute atomic E-state index is 0.101. The van der Waals surface area contributed by atoms with Crippen LogP contribution in [-0.2, 0) is 14.3 Å². The summed E-state index contributed by atoms with van der Waals surface area (Å²) in [6.45, 7) is 1.84. The van der Waals surface area contributed by atoms with Crippen LogP contribution < -0.4 is 0 Å². The second kappa shape index (κ2) is 4.59. The SMILES string of the molecule is CC(=O)N(CC(=O)O)CC1(CO)COC1. The standard InChI is InChI=1S/C9H15NO5/c1-7(12)10(2-8(13)14)3-9(4-11)5-15-6-9/h11H,2-6H2,1H3,(H,13,14). The fraction of sp³-hybridized carbons (Fsp3) is 0.778. The van der Waals surface area contributed by atoms with Gasteiger partial charge in [0.1, 0.15) is 6.54 Å². The number of rotatable bonds is 5. The number of aliphatic carboxylic acids is 1. The van der Waals surface area contributed by atoms with E-state index in [9.17, 15) is 9.59 Å². The topological polar surface area (TPSA) is 87.1 Å². The zero-order valence-electron chi connectivity index (χ0n) is 8.60. The Bertz CT molecular complexity index is 256. The van der Waals surface area contributed by atoms with Crippen LogP contribution in [0.3, 0.4) is 0 Å². The van der Waals surface area contributed by atoms with Gasteiger partial charge >= 0.3 is 5.97 Å². The summed E-state index contributed by atoms with van der Waals surface area (Å²) in [5, 5.41) is 17.7. The Kier molecular flexibility index (Phi) is 3.65. The van der Waals surface area contributed by atoms with Crippen molar-refractivity contribution in [3.63, 3.8) is 0 Å². The summed E-state index contributed by atoms with van der Waals surface area (Å²) < 4.78 is 4.97. The van der Waals surface area contributed by atoms with Crippen LogP contribution in [0.2, 0.25) is 0 Å². The fourth-order valence-corrected chi connectivity index (χ4v) is 1.47. The molecule has 0 radical (unpaired) electrons. The van der Waals surface area contributed by atoms with Gasteiger partial charge in [0.15, 0.2) is 0 Å². The average molecular weight is 217 g/mol. The largest absolute Gasteiger partial charge is 0.480 e. The van der Waals surface area contributed by atoms with Crippen molar-refractivity contribution in [2.75, 3.05) is 32.9 Å². The number of carbonyl (C=O) groups is 2. The summed E-state index contributed by atoms with van der Waals surface area (Å²) in [7, 11) is 0. The molecule has 15 heavy (non-hydrogen) atoms. The van der Waals surface area contributed by atoms with Crippen molar-refractivity contribution in [1.29, 1.82) is 0 Å². The Morgan fingerprint density at radius 2 is 2.07 bits per heavy atom. The minimum atomic E-state index is -1.06. The maximum absolute atomic E-state index is 11.2. The first-order valence-electron chi connectivity index (χ1n) is 4.65. The Labute approximate surface area is 87.4 Å². The van der Waals surface area contributed by atoms with Gasteiger partial charge in [0.05, 0.1) is 25.2 Å². The zero-order chi connectivity index (χ0) is 11.5. The Morgan fingerprint density at radius 1 is 1.47 bits per heavy atom. The van der Waals surface area contributed by atoms with Crippen molar-refractivity contribution in [3.05, 3.63) is 0 Å². The molecule has 1 amide bonds. The maximum atomic E-state index is 11.2. The summed E-state index contributed by atoms with van der Waals surface area (Å²) in [4.78, 5) is 22.9. The second-order valence-electron chi connectivity index (χ2n) is 3.92. The van der Waals surface area contributed by atoms with Gasteiger partial charge in [-0.05, 0) is 0 Å². The van der Waals surface area contributed by atoms with Crippen molar-refractivity contribution in [2.24, 2.45) is 5.41 Å². The van der Waals surface area contributed by atoms with E-state index in [1.165, 1.54) is 11.8 Å². The Morgan fingerprint density at radius 3 is 2.33 bits per heavy atom. The number of hydrogen-bond acceptors (Lipinski definition) is 4. The molecule has 0 atom stereocenters. The molecule has 1 aliphatic rings. The molecule has 0 aliphatic carbocycles. The van der Waals surface area contributed by atoms with E-state index in [-0.39, 0.29) is 25.6 Å². The molecule has 1 fully saturated rings. The van der Waals surface area contributed by atoms with Gasteiger partial charge in [-0.1, -0.05) is 0 Å². The van der Waals surface area contributed by atoms with E-state index >= 15 is 0 Å². The van der Waals surface area contributed by atoms with Crippen LogP contribution in [0, 0.1) is 5.41 Å². The predicted octanol–water partition coefficient (Wildman–Crippen LogP) is -1.07. The second-order valence-corrected chi connectivity index (χ2v) is 3.92. The third-order valence-corrected chi connectivity index (χ3v) is 2.45. The molecule has 1 heterocycles. The van der Waals surface area contributed by atoms with Crippen molar-refractivity contribution < 1.29 is 24.5 Å². The van der Waals surface area contributed by atoms with Gasteiger partial charge in [0, 0.05) is 13.5 Å². The molecular formula is C9H15NO5. The summed E-state index contributed by atoms with van der Waals surface area (Å²) in [5.74, 6) is -1.37. The number of aliphatic hydroxyl groups excluding tert-OH is 1. The van der Waals surface area contributed by atoms with E-state index < -0.39 is 11.4 Å². The molecular weight excluding hydrogens is 202 g/mol. The highest BCUT2D eigenvalue weighted by molar-refractivity contribution is 5.79. The molecule has 86 valence electrons. The molecule has 1 aliphatic heterocycles. The number of nitrogens with zero attached hydrogens (tertiary/aromatic N) is 1. The molecule has 0 saturated carbocycles. The first-order valence-corrected chi connectivity index (χ1v) is 4.65. The number of amides is 1. The van der Waals surface area contributed by atoms with Crippen LogP contribution in [0.4, 0.5) is 0 Å². The Hall–Kier alpha value is -1.14. The van der Waals surface area contributed by atoms with Gasteiger partial charge in [-0.3, -0.25) is 9.59 Å². The smallest absolute Gasteiger partial charge is 0.323 e. The molecule has 0 aromatic heterocycles. The van der Waals surface area contributed by atoms with E-state index in [1.54, 1.807) is 0 Å². The van der Waals surface area contributed by atoms with Crippen molar-refractivity contribution >= 4 is 11.9 Å². The van der Waals surface area contributed by atoms with Gasteiger partial charge in [0.2, 0.25) is 5.91 Å². The fourth-order valence-electron chi connectivity index (χ4n) is 1.47. The van der Waals surface area contributed by atoms with Crippen LogP contribution in [0.25, 0.3) is 0 Å². The number of carboxylic acids is 1. The summed E-state index contributed by atoms with van der Waals surface area (Å²) >= 11 is 0. The van der Waals surface area contributed by atoms with Crippen molar-refractivity contribution in [1.82, 2.24) is 4.90 Å². The van der Waals surface area contributed by atoms with E-state index in [0.29, 0.717) is 13.2 Å². The van der Waals surface area contributed by atoms with Crippen LogP contribution in [0.5, 0.6) is 0 Å². The number of ether oxygens (including phenoxy) is 1. The summed E-state index contributed by atoms with van der Waals surface area (Å²) in [6, 6.07) is 0. The lowest BCUT2D eigenvalue weighted by molar-refractivity contribution is -0.162. The van der Waals surface area contributed by atoms with E-state index in [2.05, 4.69) is 0 Å². The lowest BCUT2D eigenvalue weighted by Crippen LogP contribution is -2.54. The average Bonchev–Trinajstić information content (AvgIpc) is 2.08. The van der Waals surface area contributed by atoms with Crippen molar-refractivity contribution in [3.8, 4) is 0 Å². The summed E-state index contributed by atoms with van der Waals surface area (Å²) in [5.41, 5.74) is -0.471. The Balaban J connectivity index is 2.57. The van der Waals surface area contributed by atoms with Gasteiger partial charge in [0.25, 0.3) is 0 Å². The van der Waals surface area contributed by atoms with Crippen LogP contribution >= 0.6 is 0 Å². The molecule has 1 rings (SSSR count). The van der Waals surface area contributed by atoms with Crippen LogP contribution in [0.15, 0.2) is 0 Å². The number of carbonyl (C=O) groups excluding carboxylic acids is 1. The number of hydrogen-bond donors (Lipinski definition) is 2. The molecule has 0 spiro atoms. The highest BCUT2D eigenvalue weighted by atomic mass is 16.5. The molecule has 0 aromatic rings. The molecule has 6 heteroatoms. The molecule has 0 aromatic carbocycles. The maximum Gasteiger partial charge on any atom is 0.323 e. The zero-order valence-corrected chi connectivity index (χ0v) is 8.60. The monoisotopic (exact) mass is 217 g/mol. The van der Waals surface area contributed by atoms with Gasteiger partial charge in [-0.15, -0.1) is 0 Å². The summed E-state index contributed by atoms with van der Waals surface area (Å²) in [6.07, 6.45) is 0. The molecule has 1 saturated heterocycles. The quantitative estimate of drug-likeness (QED) is 0.612. The van der Waals surface area contributed by atoms with Crippen LogP contribution in [-0.4, -0.2) is 59.9 Å². The normalized spacial score (nSPS) is 18.0. The first kappa shape index (κ1) is 11.9. The highest BCUT2D eigenvalue weighted by Crippen LogP contribution is 2.27. The predicted molar refractivity (Wildman–Crippen MR) is 50.2 cm³/mol. The molecule has 6 nitrogen and oxygen atoms in total. The van der Waals surface area contributed by atoms with Gasteiger partial charge in [-0.2, -0.15) is 0 Å². The first-order chi connectivity index (χ1) is 6.99. The molecule has 2 N–H and O–H groups in total. The minimum Gasteiger partial charge on any atom is -0.480 e. The van der Waals surface area contributed by atoms with Gasteiger partial charge < -0.3 is 19.8 Å². The lowest BCUT2D eigenvalue weighted by atomic mass is 9.86. The lowest BCUT2D eigenvalue weighted by Gasteiger charge is -2.42. The third kappa shape index (κ3) is 2.90. The van der Waals surface area contributed by atoms with Gasteiger partial charge in [-0.25, -0.2) is 0 Å². The van der Waals surface area contributed by atoms with Crippen molar-refractivity contribution in [2.45, 2.75) is 6.92 Å². The van der Waals surface area contributed by atoms with E-state index in [0.717, 1.165) is 0 Å². The molecule has 0 bridgehead atoms. The highest BCUT2D eigenvalue weighted by Gasteiger charge is 2.40.